The number of amides is 4. The van der Waals surface area contributed by atoms with Crippen molar-refractivity contribution in [3.05, 3.63) is 0 Å². The van der Waals surface area contributed by atoms with E-state index < -0.39 is 122 Å². The molecule has 14 N–H and O–H groups in total. The Hall–Kier alpha value is -2.64. The van der Waals surface area contributed by atoms with E-state index >= 15 is 0 Å². The quantitative estimate of drug-likeness (QED) is 0.0843. The molecular formula is C28H49N5O16. The van der Waals surface area contributed by atoms with Gasteiger partial charge in [0, 0.05) is 39.9 Å². The van der Waals surface area contributed by atoms with Crippen molar-refractivity contribution in [3.8, 4) is 0 Å². The predicted octanol–water partition coefficient (Wildman–Crippen LogP) is -7.89. The van der Waals surface area contributed by atoms with Crippen LogP contribution in [0.25, 0.3) is 0 Å². The molecule has 0 aromatic carbocycles. The Morgan fingerprint density at radius 2 is 1.35 bits per heavy atom. The third-order valence-electron chi connectivity index (χ3n) is 8.50. The number of hydrogen-bond donors (Lipinski definition) is 13. The molecule has 3 aliphatic rings. The summed E-state index contributed by atoms with van der Waals surface area (Å²) in [5, 5.41) is 94.5. The molecule has 0 unspecified atom stereocenters. The first-order valence-corrected chi connectivity index (χ1v) is 15.8. The summed E-state index contributed by atoms with van der Waals surface area (Å²) in [6, 6.07) is -3.81. The van der Waals surface area contributed by atoms with Gasteiger partial charge in [-0.05, 0) is 12.8 Å². The van der Waals surface area contributed by atoms with Crippen molar-refractivity contribution in [3.63, 3.8) is 0 Å². The molecule has 282 valence electrons. The van der Waals surface area contributed by atoms with Gasteiger partial charge in [0.2, 0.25) is 23.6 Å². The van der Waals surface area contributed by atoms with Gasteiger partial charge in [-0.1, -0.05) is 0 Å². The normalized spacial score (nSPS) is 40.1. The van der Waals surface area contributed by atoms with Crippen molar-refractivity contribution in [1.29, 1.82) is 0 Å². The Kier molecular flexibility index (Phi) is 15.0. The van der Waals surface area contributed by atoms with Crippen LogP contribution in [0.1, 0.15) is 33.6 Å². The van der Waals surface area contributed by atoms with Crippen molar-refractivity contribution in [2.24, 2.45) is 5.73 Å². The number of carbonyl (C=O) groups is 4. The lowest BCUT2D eigenvalue weighted by molar-refractivity contribution is -0.333. The van der Waals surface area contributed by atoms with Gasteiger partial charge in [-0.25, -0.2) is 0 Å². The summed E-state index contributed by atoms with van der Waals surface area (Å²) in [5.74, 6) is -2.46. The minimum Gasteiger partial charge on any atom is -0.394 e. The van der Waals surface area contributed by atoms with Crippen LogP contribution < -0.4 is 27.0 Å². The summed E-state index contributed by atoms with van der Waals surface area (Å²) in [6.45, 7) is 2.47. The van der Waals surface area contributed by atoms with Crippen LogP contribution in [-0.2, 0) is 38.1 Å². The number of aliphatic hydroxyl groups excluding tert-OH is 8. The van der Waals surface area contributed by atoms with Crippen LogP contribution in [0.15, 0.2) is 0 Å². The van der Waals surface area contributed by atoms with Crippen LogP contribution in [-0.4, -0.2) is 182 Å². The molecule has 0 bridgehead atoms. The van der Waals surface area contributed by atoms with E-state index in [1.165, 1.54) is 13.8 Å². The van der Waals surface area contributed by atoms with E-state index in [9.17, 15) is 60.0 Å². The zero-order chi connectivity index (χ0) is 36.7. The molecule has 21 nitrogen and oxygen atoms in total. The van der Waals surface area contributed by atoms with Crippen molar-refractivity contribution in [1.82, 2.24) is 21.3 Å². The number of nitrogens with one attached hydrogen (secondary N) is 4. The van der Waals surface area contributed by atoms with Crippen molar-refractivity contribution < 1.29 is 79.0 Å². The average molecular weight is 712 g/mol. The van der Waals surface area contributed by atoms with E-state index in [4.69, 9.17) is 24.7 Å². The molecule has 0 spiro atoms. The van der Waals surface area contributed by atoms with Crippen LogP contribution in [0.2, 0.25) is 0 Å². The number of nitrogens with two attached hydrogens (primary N) is 1. The first-order chi connectivity index (χ1) is 23.0. The fourth-order valence-corrected chi connectivity index (χ4v) is 5.89. The summed E-state index contributed by atoms with van der Waals surface area (Å²) < 4.78 is 22.9. The molecule has 0 aromatic heterocycles. The van der Waals surface area contributed by atoms with Gasteiger partial charge in [-0.2, -0.15) is 0 Å². The van der Waals surface area contributed by atoms with E-state index in [0.29, 0.717) is 0 Å². The lowest BCUT2D eigenvalue weighted by Crippen LogP contribution is -2.70. The average Bonchev–Trinajstić information content (AvgIpc) is 3.02. The Balaban J connectivity index is 1.88. The Morgan fingerprint density at radius 3 is 1.94 bits per heavy atom. The van der Waals surface area contributed by atoms with Gasteiger partial charge in [-0.15, -0.1) is 0 Å². The highest BCUT2D eigenvalue weighted by Gasteiger charge is 2.53. The Labute approximate surface area is 281 Å². The molecule has 3 rings (SSSR count). The molecule has 1 saturated carbocycles. The molecular weight excluding hydrogens is 662 g/mol. The summed E-state index contributed by atoms with van der Waals surface area (Å²) in [6.07, 6.45) is -21.9. The number of rotatable bonds is 13. The summed E-state index contributed by atoms with van der Waals surface area (Å²) in [5.41, 5.74) is 6.34. The molecule has 0 radical (unpaired) electrons. The number of aliphatic hydroxyl groups is 8. The van der Waals surface area contributed by atoms with Crippen LogP contribution >= 0.6 is 0 Å². The molecule has 2 heterocycles. The van der Waals surface area contributed by atoms with Crippen LogP contribution in [0.5, 0.6) is 0 Å². The van der Waals surface area contributed by atoms with E-state index in [2.05, 4.69) is 21.3 Å². The molecule has 0 aromatic rings. The molecule has 4 amide bonds. The molecule has 2 saturated heterocycles. The van der Waals surface area contributed by atoms with Crippen molar-refractivity contribution in [2.45, 2.75) is 131 Å². The van der Waals surface area contributed by atoms with E-state index in [-0.39, 0.29) is 31.8 Å². The monoisotopic (exact) mass is 711 g/mol. The molecule has 49 heavy (non-hydrogen) atoms. The second kappa shape index (κ2) is 18.0. The smallest absolute Gasteiger partial charge is 0.249 e. The highest BCUT2D eigenvalue weighted by atomic mass is 16.7. The van der Waals surface area contributed by atoms with E-state index in [1.54, 1.807) is 0 Å². The van der Waals surface area contributed by atoms with Gasteiger partial charge in [-0.3, -0.25) is 19.2 Å². The van der Waals surface area contributed by atoms with Gasteiger partial charge in [0.15, 0.2) is 12.6 Å². The van der Waals surface area contributed by atoms with Gasteiger partial charge >= 0.3 is 0 Å². The summed E-state index contributed by atoms with van der Waals surface area (Å²) >= 11 is 0. The minimum absolute atomic E-state index is 0.0444. The number of ether oxygens (including phenoxy) is 4. The second-order valence-corrected chi connectivity index (χ2v) is 12.4. The summed E-state index contributed by atoms with van der Waals surface area (Å²) in [7, 11) is 0. The molecule has 1 aliphatic carbocycles. The van der Waals surface area contributed by atoms with E-state index in [0.717, 1.165) is 6.92 Å². The zero-order valence-electron chi connectivity index (χ0n) is 27.2. The summed E-state index contributed by atoms with van der Waals surface area (Å²) in [4.78, 5) is 47.4. The predicted molar refractivity (Wildman–Crippen MR) is 160 cm³/mol. The highest BCUT2D eigenvalue weighted by Crippen LogP contribution is 2.32. The molecule has 2 aliphatic heterocycles. The SMILES string of the molecule is CC(=O)NCC[C@H](O)C(=O)N[C@@H]1C[C@H](N)[C@@H](O[C@H]2O[C@H](CNC(C)=O)[C@@H](O)[C@H](O)[C@H]2O)[C@H](O)[C@H]1O[C@H]1O[C@H](CO)[C@@H](O)[C@H](NC(C)=O)[C@H]1O. The second-order valence-electron chi connectivity index (χ2n) is 12.4. The fourth-order valence-electron chi connectivity index (χ4n) is 5.89. The number of carbonyl (C=O) groups excluding carboxylic acids is 4. The third kappa shape index (κ3) is 10.4. The third-order valence-corrected chi connectivity index (χ3v) is 8.50. The van der Waals surface area contributed by atoms with Crippen LogP contribution in [0.3, 0.4) is 0 Å². The van der Waals surface area contributed by atoms with Crippen LogP contribution in [0.4, 0.5) is 0 Å². The maximum Gasteiger partial charge on any atom is 0.249 e. The first-order valence-electron chi connectivity index (χ1n) is 15.8. The van der Waals surface area contributed by atoms with Gasteiger partial charge in [0.1, 0.15) is 67.1 Å². The van der Waals surface area contributed by atoms with E-state index in [1.807, 2.05) is 0 Å². The lowest BCUT2D eigenvalue weighted by Gasteiger charge is -2.49. The topological polar surface area (TPSA) is 341 Å². The molecule has 21 heteroatoms. The maximum absolute atomic E-state index is 13.0. The fraction of sp³-hybridized carbons (Fsp3) is 0.857. The van der Waals surface area contributed by atoms with Crippen molar-refractivity contribution >= 4 is 23.6 Å². The zero-order valence-corrected chi connectivity index (χ0v) is 27.2. The van der Waals surface area contributed by atoms with Crippen LogP contribution in [0, 0.1) is 0 Å². The minimum atomic E-state index is -1.87. The first kappa shape index (κ1) is 40.8. The largest absolute Gasteiger partial charge is 0.394 e. The molecule has 3 fully saturated rings. The number of hydrogen-bond acceptors (Lipinski definition) is 17. The standard InChI is InChI=1S/C28H49N5O16/c1-9(35)30-5-4-14(38)26(45)33-13-6-12(29)24(48-28-22(43)21(42)19(40)15(46-28)7-31-10(2)36)23(44)25(13)49-27-20(41)17(32-11(3)37)18(39)16(8-34)47-27/h12-25,27-28,34,38-44H,4-8,29H2,1-3H3,(H,30,35)(H,31,36)(H,32,37)(H,33,45)/t12-,13+,14-,15+,16+,17-,18+,19+,20+,21-,22+,23-,24+,25-,27+,28+/m0/s1. The Morgan fingerprint density at radius 1 is 0.755 bits per heavy atom. The van der Waals surface area contributed by atoms with Gasteiger partial charge in [0.25, 0.3) is 0 Å². The van der Waals surface area contributed by atoms with Gasteiger partial charge < -0.3 is 86.8 Å². The van der Waals surface area contributed by atoms with Gasteiger partial charge in [0.05, 0.1) is 18.7 Å². The van der Waals surface area contributed by atoms with Crippen molar-refractivity contribution in [2.75, 3.05) is 19.7 Å². The maximum atomic E-state index is 13.0. The molecule has 16 atom stereocenters. The highest BCUT2D eigenvalue weighted by molar-refractivity contribution is 5.81. The lowest BCUT2D eigenvalue weighted by atomic mass is 9.83. The Bertz CT molecular complexity index is 1140.